The summed E-state index contributed by atoms with van der Waals surface area (Å²) in [6.45, 7) is 0.927. The first-order chi connectivity index (χ1) is 5.86. The number of rotatable bonds is 2. The normalized spacial score (nSPS) is 23.2. The summed E-state index contributed by atoms with van der Waals surface area (Å²) in [5.41, 5.74) is 5.67. The molecule has 1 aromatic carbocycles. The Labute approximate surface area is 71.7 Å². The Balaban J connectivity index is 1.95. The second kappa shape index (κ2) is 3.13. The van der Waals surface area contributed by atoms with Crippen LogP contribution in [0.2, 0.25) is 0 Å². The lowest BCUT2D eigenvalue weighted by Gasteiger charge is -2.36. The van der Waals surface area contributed by atoms with E-state index in [4.69, 9.17) is 10.6 Å². The standard InChI is InChI=1S/C9H12N2O/c10-9-6-7-11(9)12-8-4-2-1-3-5-8/h1-5,9H,6-7,10H2. The third kappa shape index (κ3) is 1.42. The number of hydrogen-bond donors (Lipinski definition) is 1. The number of nitrogens with zero attached hydrogens (tertiary/aromatic N) is 1. The number of benzene rings is 1. The van der Waals surface area contributed by atoms with E-state index in [2.05, 4.69) is 0 Å². The third-order valence-electron chi connectivity index (χ3n) is 1.98. The van der Waals surface area contributed by atoms with Crippen molar-refractivity contribution in [3.8, 4) is 5.75 Å². The fourth-order valence-electron chi connectivity index (χ4n) is 1.11. The van der Waals surface area contributed by atoms with Gasteiger partial charge in [0.1, 0.15) is 5.75 Å². The minimum atomic E-state index is 0.0743. The Morgan fingerprint density at radius 1 is 1.33 bits per heavy atom. The van der Waals surface area contributed by atoms with Gasteiger partial charge in [-0.3, -0.25) is 0 Å². The predicted molar refractivity (Wildman–Crippen MR) is 46.4 cm³/mol. The van der Waals surface area contributed by atoms with Crippen molar-refractivity contribution in [2.75, 3.05) is 6.54 Å². The largest absolute Gasteiger partial charge is 0.404 e. The monoisotopic (exact) mass is 164 g/mol. The van der Waals surface area contributed by atoms with E-state index >= 15 is 0 Å². The van der Waals surface area contributed by atoms with Gasteiger partial charge < -0.3 is 10.6 Å². The quantitative estimate of drug-likeness (QED) is 0.707. The summed E-state index contributed by atoms with van der Waals surface area (Å²) in [6, 6.07) is 9.69. The molecule has 0 amide bonds. The summed E-state index contributed by atoms with van der Waals surface area (Å²) < 4.78 is 0. The van der Waals surface area contributed by atoms with Crippen LogP contribution in [0.4, 0.5) is 0 Å². The summed E-state index contributed by atoms with van der Waals surface area (Å²) in [6.07, 6.45) is 1.09. The Kier molecular flexibility index (Phi) is 1.98. The van der Waals surface area contributed by atoms with Crippen molar-refractivity contribution in [3.05, 3.63) is 30.3 Å². The molecule has 1 heterocycles. The molecule has 2 rings (SSSR count). The van der Waals surface area contributed by atoms with Gasteiger partial charge >= 0.3 is 0 Å². The second-order valence-electron chi connectivity index (χ2n) is 2.90. The van der Waals surface area contributed by atoms with E-state index in [0.29, 0.717) is 0 Å². The Bertz CT molecular complexity index is 250. The molecule has 0 radical (unpaired) electrons. The van der Waals surface area contributed by atoms with Crippen LogP contribution in [0.25, 0.3) is 0 Å². The SMILES string of the molecule is NC1CCN1Oc1ccccc1. The van der Waals surface area contributed by atoms with E-state index in [9.17, 15) is 0 Å². The van der Waals surface area contributed by atoms with Crippen LogP contribution in [0.15, 0.2) is 30.3 Å². The van der Waals surface area contributed by atoms with Gasteiger partial charge in [0.2, 0.25) is 0 Å². The van der Waals surface area contributed by atoms with Gasteiger partial charge in [-0.05, 0) is 18.6 Å². The minimum Gasteiger partial charge on any atom is -0.404 e. The molecule has 0 spiro atoms. The zero-order valence-electron chi connectivity index (χ0n) is 6.81. The zero-order chi connectivity index (χ0) is 8.39. The molecular formula is C9H12N2O. The smallest absolute Gasteiger partial charge is 0.147 e. The van der Waals surface area contributed by atoms with Crippen molar-refractivity contribution in [1.82, 2.24) is 5.06 Å². The molecule has 2 N–H and O–H groups in total. The summed E-state index contributed by atoms with van der Waals surface area (Å²) in [5.74, 6) is 0.854. The van der Waals surface area contributed by atoms with Crippen molar-refractivity contribution >= 4 is 0 Å². The fraction of sp³-hybridized carbons (Fsp3) is 0.333. The Morgan fingerprint density at radius 3 is 2.58 bits per heavy atom. The molecule has 3 nitrogen and oxygen atoms in total. The summed E-state index contributed by atoms with van der Waals surface area (Å²) in [4.78, 5) is 5.47. The molecule has 1 saturated heterocycles. The van der Waals surface area contributed by atoms with Crippen LogP contribution < -0.4 is 10.6 Å². The van der Waals surface area contributed by atoms with Crippen molar-refractivity contribution in [1.29, 1.82) is 0 Å². The number of nitrogens with two attached hydrogens (primary N) is 1. The maximum atomic E-state index is 5.67. The van der Waals surface area contributed by atoms with E-state index in [1.165, 1.54) is 0 Å². The Hall–Kier alpha value is -1.06. The predicted octanol–water partition coefficient (Wildman–Crippen LogP) is 0.971. The molecule has 12 heavy (non-hydrogen) atoms. The van der Waals surface area contributed by atoms with Crippen molar-refractivity contribution < 1.29 is 4.84 Å². The molecule has 0 aliphatic carbocycles. The summed E-state index contributed by atoms with van der Waals surface area (Å²) in [5, 5.41) is 1.79. The van der Waals surface area contributed by atoms with Crippen LogP contribution in [0, 0.1) is 0 Å². The first kappa shape index (κ1) is 7.58. The molecule has 0 bridgehead atoms. The molecule has 1 aliphatic heterocycles. The lowest BCUT2D eigenvalue weighted by Crippen LogP contribution is -2.54. The number of hydrogen-bond acceptors (Lipinski definition) is 3. The van der Waals surface area contributed by atoms with Gasteiger partial charge in [0.05, 0.1) is 6.17 Å². The van der Waals surface area contributed by atoms with E-state index in [1.54, 1.807) is 5.06 Å². The van der Waals surface area contributed by atoms with E-state index in [0.717, 1.165) is 18.7 Å². The second-order valence-corrected chi connectivity index (χ2v) is 2.90. The van der Waals surface area contributed by atoms with Crippen molar-refractivity contribution in [2.45, 2.75) is 12.6 Å². The summed E-state index contributed by atoms with van der Waals surface area (Å²) >= 11 is 0. The fourth-order valence-corrected chi connectivity index (χ4v) is 1.11. The highest BCUT2D eigenvalue weighted by molar-refractivity contribution is 5.20. The average molecular weight is 164 g/mol. The molecule has 3 heteroatoms. The van der Waals surface area contributed by atoms with Gasteiger partial charge in [-0.15, -0.1) is 5.06 Å². The third-order valence-corrected chi connectivity index (χ3v) is 1.98. The van der Waals surface area contributed by atoms with E-state index in [1.807, 2.05) is 30.3 Å². The molecular weight excluding hydrogens is 152 g/mol. The average Bonchev–Trinajstić information content (AvgIpc) is 2.14. The molecule has 1 fully saturated rings. The van der Waals surface area contributed by atoms with Crippen LogP contribution in [0.3, 0.4) is 0 Å². The Morgan fingerprint density at radius 2 is 2.08 bits per heavy atom. The molecule has 1 aliphatic rings. The first-order valence-corrected chi connectivity index (χ1v) is 4.11. The van der Waals surface area contributed by atoms with Gasteiger partial charge in [-0.25, -0.2) is 0 Å². The molecule has 1 atom stereocenters. The molecule has 64 valence electrons. The number of para-hydroxylation sites is 1. The van der Waals surface area contributed by atoms with E-state index < -0.39 is 0 Å². The molecule has 1 unspecified atom stereocenters. The lowest BCUT2D eigenvalue weighted by molar-refractivity contribution is -0.151. The van der Waals surface area contributed by atoms with Crippen LogP contribution in [-0.2, 0) is 0 Å². The van der Waals surface area contributed by atoms with Crippen LogP contribution >= 0.6 is 0 Å². The maximum absolute atomic E-state index is 5.67. The van der Waals surface area contributed by atoms with Gasteiger partial charge in [-0.2, -0.15) is 0 Å². The lowest BCUT2D eigenvalue weighted by atomic mass is 10.2. The minimum absolute atomic E-state index is 0.0743. The molecule has 1 aromatic rings. The van der Waals surface area contributed by atoms with Gasteiger partial charge in [0.15, 0.2) is 0 Å². The molecule has 0 aromatic heterocycles. The highest BCUT2D eigenvalue weighted by Gasteiger charge is 2.25. The maximum Gasteiger partial charge on any atom is 0.147 e. The van der Waals surface area contributed by atoms with Gasteiger partial charge in [0.25, 0.3) is 0 Å². The zero-order valence-corrected chi connectivity index (χ0v) is 6.81. The summed E-state index contributed by atoms with van der Waals surface area (Å²) in [7, 11) is 0. The molecule has 0 saturated carbocycles. The van der Waals surface area contributed by atoms with Crippen LogP contribution in [-0.4, -0.2) is 17.8 Å². The van der Waals surface area contributed by atoms with Crippen LogP contribution in [0.1, 0.15) is 6.42 Å². The van der Waals surface area contributed by atoms with Crippen LogP contribution in [0.5, 0.6) is 5.75 Å². The van der Waals surface area contributed by atoms with E-state index in [-0.39, 0.29) is 6.17 Å². The topological polar surface area (TPSA) is 38.5 Å². The van der Waals surface area contributed by atoms with Gasteiger partial charge in [0, 0.05) is 6.54 Å². The van der Waals surface area contributed by atoms with Crippen molar-refractivity contribution in [2.24, 2.45) is 5.73 Å². The van der Waals surface area contributed by atoms with Gasteiger partial charge in [-0.1, -0.05) is 18.2 Å². The first-order valence-electron chi connectivity index (χ1n) is 4.11. The number of hydroxylamine groups is 2. The van der Waals surface area contributed by atoms with Crippen molar-refractivity contribution in [3.63, 3.8) is 0 Å². The highest BCUT2D eigenvalue weighted by Crippen LogP contribution is 2.17. The highest BCUT2D eigenvalue weighted by atomic mass is 16.7.